The fourth-order valence-electron chi connectivity index (χ4n) is 2.06. The fraction of sp³-hybridized carbons (Fsp3) is 0.278. The second-order valence-electron chi connectivity index (χ2n) is 5.46. The minimum atomic E-state index is 0.0149. The highest BCUT2D eigenvalue weighted by Gasteiger charge is 2.10. The Morgan fingerprint density at radius 2 is 1.77 bits per heavy atom. The molecule has 4 heteroatoms. The van der Waals surface area contributed by atoms with Crippen molar-refractivity contribution in [3.63, 3.8) is 0 Å². The van der Waals surface area contributed by atoms with Crippen molar-refractivity contribution in [1.29, 1.82) is 0 Å². The molecule has 1 unspecified atom stereocenters. The summed E-state index contributed by atoms with van der Waals surface area (Å²) in [7, 11) is 1.99. The van der Waals surface area contributed by atoms with E-state index >= 15 is 0 Å². The molecule has 0 bridgehead atoms. The summed E-state index contributed by atoms with van der Waals surface area (Å²) < 4.78 is 5.64. The highest BCUT2D eigenvalue weighted by atomic mass is 16.5. The average Bonchev–Trinajstić information content (AvgIpc) is 2.50. The number of carbonyl (C=O) groups excluding carboxylic acids is 1. The lowest BCUT2D eigenvalue weighted by Gasteiger charge is -2.14. The average molecular weight is 299 g/mol. The van der Waals surface area contributed by atoms with Gasteiger partial charge in [-0.25, -0.2) is 0 Å². The predicted molar refractivity (Wildman–Crippen MR) is 88.4 cm³/mol. The third kappa shape index (κ3) is 5.58. The molecule has 0 spiro atoms. The number of nitrogens with one attached hydrogen (secondary N) is 2. The maximum Gasteiger partial charge on any atom is 0.279 e. The first-order chi connectivity index (χ1) is 10.6. The second kappa shape index (κ2) is 8.20. The van der Waals surface area contributed by atoms with E-state index in [0.29, 0.717) is 13.2 Å². The molecule has 0 fully saturated rings. The SMILES string of the molecule is Cc1ccc(NC(=O)C[NH+](C)CCOc2ccccc2)cc1. The zero-order valence-corrected chi connectivity index (χ0v) is 13.1. The number of carbonyl (C=O) groups is 1. The number of amides is 1. The molecule has 2 aromatic rings. The van der Waals surface area contributed by atoms with E-state index in [2.05, 4.69) is 5.32 Å². The first kappa shape index (κ1) is 16.0. The van der Waals surface area contributed by atoms with Crippen LogP contribution in [0, 0.1) is 6.92 Å². The second-order valence-corrected chi connectivity index (χ2v) is 5.46. The Morgan fingerprint density at radius 3 is 2.45 bits per heavy atom. The quantitative estimate of drug-likeness (QED) is 0.814. The zero-order valence-electron chi connectivity index (χ0n) is 13.1. The number of aryl methyl sites for hydroxylation is 1. The minimum Gasteiger partial charge on any atom is -0.488 e. The summed E-state index contributed by atoms with van der Waals surface area (Å²) >= 11 is 0. The lowest BCUT2D eigenvalue weighted by Crippen LogP contribution is -3.10. The number of benzene rings is 2. The summed E-state index contributed by atoms with van der Waals surface area (Å²) in [4.78, 5) is 13.1. The Labute approximate surface area is 131 Å². The normalized spacial score (nSPS) is 11.7. The molecule has 0 aliphatic rings. The van der Waals surface area contributed by atoms with Gasteiger partial charge in [-0.1, -0.05) is 35.9 Å². The predicted octanol–water partition coefficient (Wildman–Crippen LogP) is 1.53. The molecular formula is C18H23N2O2+. The van der Waals surface area contributed by atoms with Crippen molar-refractivity contribution < 1.29 is 14.4 Å². The highest BCUT2D eigenvalue weighted by molar-refractivity contribution is 5.91. The van der Waals surface area contributed by atoms with Gasteiger partial charge in [0.05, 0.1) is 7.05 Å². The molecule has 0 aliphatic heterocycles. The molecule has 0 aromatic heterocycles. The number of likely N-dealkylation sites (N-methyl/N-ethyl adjacent to an activating group) is 1. The van der Waals surface area contributed by atoms with Crippen molar-refractivity contribution >= 4 is 11.6 Å². The summed E-state index contributed by atoms with van der Waals surface area (Å²) in [6.07, 6.45) is 0. The number of rotatable bonds is 7. The summed E-state index contributed by atoms with van der Waals surface area (Å²) in [5, 5.41) is 2.91. The van der Waals surface area contributed by atoms with Gasteiger partial charge in [-0.05, 0) is 31.2 Å². The van der Waals surface area contributed by atoms with Gasteiger partial charge >= 0.3 is 0 Å². The number of para-hydroxylation sites is 1. The van der Waals surface area contributed by atoms with E-state index in [1.165, 1.54) is 5.56 Å². The molecule has 0 saturated heterocycles. The molecule has 2 rings (SSSR count). The molecule has 0 radical (unpaired) electrons. The molecule has 1 amide bonds. The fourth-order valence-corrected chi connectivity index (χ4v) is 2.06. The van der Waals surface area contributed by atoms with Gasteiger partial charge in [0.2, 0.25) is 0 Å². The number of hydrogen-bond donors (Lipinski definition) is 2. The third-order valence-corrected chi connectivity index (χ3v) is 3.34. The molecule has 1 atom stereocenters. The first-order valence-electron chi connectivity index (χ1n) is 7.49. The number of anilines is 1. The van der Waals surface area contributed by atoms with E-state index < -0.39 is 0 Å². The van der Waals surface area contributed by atoms with Gasteiger partial charge < -0.3 is 15.0 Å². The van der Waals surface area contributed by atoms with Crippen LogP contribution in [0.15, 0.2) is 54.6 Å². The summed E-state index contributed by atoms with van der Waals surface area (Å²) in [5.74, 6) is 0.875. The Bertz CT molecular complexity index is 582. The lowest BCUT2D eigenvalue weighted by atomic mass is 10.2. The van der Waals surface area contributed by atoms with Crippen LogP contribution in [0.1, 0.15) is 5.56 Å². The van der Waals surface area contributed by atoms with Crippen LogP contribution in [-0.4, -0.2) is 32.7 Å². The van der Waals surface area contributed by atoms with Crippen LogP contribution in [0.5, 0.6) is 5.75 Å². The molecule has 0 heterocycles. The van der Waals surface area contributed by atoms with Crippen molar-refractivity contribution in [2.45, 2.75) is 6.92 Å². The van der Waals surface area contributed by atoms with Gasteiger partial charge in [-0.3, -0.25) is 4.79 Å². The molecule has 2 aromatic carbocycles. The van der Waals surface area contributed by atoms with Gasteiger partial charge in [-0.15, -0.1) is 0 Å². The van der Waals surface area contributed by atoms with Crippen LogP contribution in [-0.2, 0) is 4.79 Å². The number of ether oxygens (including phenoxy) is 1. The number of quaternary nitrogens is 1. The van der Waals surface area contributed by atoms with Crippen molar-refractivity contribution in [2.75, 3.05) is 32.1 Å². The topological polar surface area (TPSA) is 42.8 Å². The Balaban J connectivity index is 1.68. The minimum absolute atomic E-state index is 0.0149. The maximum absolute atomic E-state index is 12.0. The molecule has 0 aliphatic carbocycles. The summed E-state index contributed by atoms with van der Waals surface area (Å²) in [5.41, 5.74) is 2.02. The van der Waals surface area contributed by atoms with Crippen LogP contribution >= 0.6 is 0 Å². The maximum atomic E-state index is 12.0. The van der Waals surface area contributed by atoms with Crippen LogP contribution in [0.25, 0.3) is 0 Å². The highest BCUT2D eigenvalue weighted by Crippen LogP contribution is 2.08. The summed E-state index contributed by atoms with van der Waals surface area (Å²) in [6.45, 7) is 3.81. The first-order valence-corrected chi connectivity index (χ1v) is 7.49. The summed E-state index contributed by atoms with van der Waals surface area (Å²) in [6, 6.07) is 17.5. The van der Waals surface area contributed by atoms with Crippen LogP contribution < -0.4 is 15.0 Å². The Kier molecular flexibility index (Phi) is 5.98. The molecule has 4 nitrogen and oxygen atoms in total. The van der Waals surface area contributed by atoms with Crippen LogP contribution in [0.2, 0.25) is 0 Å². The van der Waals surface area contributed by atoms with Gasteiger partial charge in [0.15, 0.2) is 6.54 Å². The van der Waals surface area contributed by atoms with Crippen LogP contribution in [0.3, 0.4) is 0 Å². The molecule has 2 N–H and O–H groups in total. The van der Waals surface area contributed by atoms with E-state index in [1.54, 1.807) is 0 Å². The van der Waals surface area contributed by atoms with Crippen molar-refractivity contribution in [2.24, 2.45) is 0 Å². The molecular weight excluding hydrogens is 276 g/mol. The van der Waals surface area contributed by atoms with Crippen molar-refractivity contribution in [3.05, 3.63) is 60.2 Å². The van der Waals surface area contributed by atoms with Gasteiger partial charge in [0.1, 0.15) is 18.9 Å². The van der Waals surface area contributed by atoms with E-state index in [9.17, 15) is 4.79 Å². The van der Waals surface area contributed by atoms with E-state index in [0.717, 1.165) is 22.9 Å². The Hall–Kier alpha value is -2.33. The standard InChI is InChI=1S/C18H22N2O2/c1-15-8-10-16(11-9-15)19-18(21)14-20(2)12-13-22-17-6-4-3-5-7-17/h3-11H,12-14H2,1-2H3,(H,19,21)/p+1. The largest absolute Gasteiger partial charge is 0.488 e. The zero-order chi connectivity index (χ0) is 15.8. The van der Waals surface area contributed by atoms with E-state index in [1.807, 2.05) is 68.6 Å². The monoisotopic (exact) mass is 299 g/mol. The van der Waals surface area contributed by atoms with Gasteiger partial charge in [0, 0.05) is 5.69 Å². The smallest absolute Gasteiger partial charge is 0.279 e. The van der Waals surface area contributed by atoms with Crippen molar-refractivity contribution in [3.8, 4) is 5.75 Å². The van der Waals surface area contributed by atoms with Gasteiger partial charge in [-0.2, -0.15) is 0 Å². The molecule has 116 valence electrons. The van der Waals surface area contributed by atoms with E-state index in [-0.39, 0.29) is 5.91 Å². The van der Waals surface area contributed by atoms with Crippen molar-refractivity contribution in [1.82, 2.24) is 0 Å². The third-order valence-electron chi connectivity index (χ3n) is 3.34. The Morgan fingerprint density at radius 1 is 1.09 bits per heavy atom. The molecule has 0 saturated carbocycles. The number of hydrogen-bond acceptors (Lipinski definition) is 2. The van der Waals surface area contributed by atoms with Gasteiger partial charge in [0.25, 0.3) is 5.91 Å². The molecule has 22 heavy (non-hydrogen) atoms. The lowest BCUT2D eigenvalue weighted by molar-refractivity contribution is -0.871. The van der Waals surface area contributed by atoms with E-state index in [4.69, 9.17) is 4.74 Å². The van der Waals surface area contributed by atoms with Crippen LogP contribution in [0.4, 0.5) is 5.69 Å².